The highest BCUT2D eigenvalue weighted by Gasteiger charge is 2.12. The third kappa shape index (κ3) is 17.2. The summed E-state index contributed by atoms with van der Waals surface area (Å²) < 4.78 is 16.1. The van der Waals surface area contributed by atoms with E-state index in [0.717, 1.165) is 44.9 Å². The summed E-state index contributed by atoms with van der Waals surface area (Å²) >= 11 is 0. The van der Waals surface area contributed by atoms with Crippen molar-refractivity contribution in [1.82, 2.24) is 0 Å². The fraction of sp³-hybridized carbons (Fsp3) is 0.955. The highest BCUT2D eigenvalue weighted by atomic mass is 16.5. The molecule has 0 radical (unpaired) electrons. The van der Waals surface area contributed by atoms with Gasteiger partial charge in [-0.1, -0.05) is 58.3 Å². The molecule has 5 heteroatoms. The van der Waals surface area contributed by atoms with Crippen LogP contribution in [-0.4, -0.2) is 50.7 Å². The van der Waals surface area contributed by atoms with Crippen molar-refractivity contribution in [1.29, 1.82) is 0 Å². The van der Waals surface area contributed by atoms with Crippen LogP contribution in [0.1, 0.15) is 96.8 Å². The molecule has 162 valence electrons. The quantitative estimate of drug-likeness (QED) is 0.234. The SMILES string of the molecule is CCCCC[C@H](CC[C@H](CCCCCCCCC(=O)OCCO)OC)OC. The maximum Gasteiger partial charge on any atom is 0.305 e. The lowest BCUT2D eigenvalue weighted by Crippen LogP contribution is -2.17. The Kier molecular flexibility index (Phi) is 19.6. The number of aliphatic hydroxyl groups is 1. The van der Waals surface area contributed by atoms with Crippen molar-refractivity contribution in [3.63, 3.8) is 0 Å². The number of carbonyl (C=O) groups is 1. The van der Waals surface area contributed by atoms with Crippen molar-refractivity contribution in [3.8, 4) is 0 Å². The van der Waals surface area contributed by atoms with E-state index >= 15 is 0 Å². The van der Waals surface area contributed by atoms with E-state index < -0.39 is 0 Å². The van der Waals surface area contributed by atoms with Gasteiger partial charge in [-0.15, -0.1) is 0 Å². The zero-order valence-corrected chi connectivity index (χ0v) is 18.0. The van der Waals surface area contributed by atoms with E-state index in [-0.39, 0.29) is 19.2 Å². The third-order valence-electron chi connectivity index (χ3n) is 5.12. The first-order valence-corrected chi connectivity index (χ1v) is 11.0. The summed E-state index contributed by atoms with van der Waals surface area (Å²) in [6.07, 6.45) is 16.2. The van der Waals surface area contributed by atoms with Crippen LogP contribution in [0.15, 0.2) is 0 Å². The molecule has 5 nitrogen and oxygen atoms in total. The molecule has 0 aromatic heterocycles. The summed E-state index contributed by atoms with van der Waals surface area (Å²) in [5, 5.41) is 8.59. The van der Waals surface area contributed by atoms with Gasteiger partial charge in [-0.05, 0) is 32.1 Å². The van der Waals surface area contributed by atoms with Crippen molar-refractivity contribution in [2.75, 3.05) is 27.4 Å². The Labute approximate surface area is 167 Å². The Bertz CT molecular complexity index is 322. The van der Waals surface area contributed by atoms with Crippen LogP contribution in [0.3, 0.4) is 0 Å². The van der Waals surface area contributed by atoms with E-state index in [1.54, 1.807) is 0 Å². The van der Waals surface area contributed by atoms with Crippen molar-refractivity contribution >= 4 is 5.97 Å². The first-order valence-electron chi connectivity index (χ1n) is 11.0. The molecule has 0 amide bonds. The fourth-order valence-electron chi connectivity index (χ4n) is 3.33. The minimum absolute atomic E-state index is 0.0980. The van der Waals surface area contributed by atoms with Crippen LogP contribution in [0.5, 0.6) is 0 Å². The predicted molar refractivity (Wildman–Crippen MR) is 110 cm³/mol. The summed E-state index contributed by atoms with van der Waals surface area (Å²) in [6.45, 7) is 2.25. The highest BCUT2D eigenvalue weighted by Crippen LogP contribution is 2.18. The van der Waals surface area contributed by atoms with Gasteiger partial charge >= 0.3 is 5.97 Å². The van der Waals surface area contributed by atoms with E-state index in [1.165, 1.54) is 38.5 Å². The lowest BCUT2D eigenvalue weighted by molar-refractivity contribution is -0.144. The molecule has 0 aliphatic heterocycles. The lowest BCUT2D eigenvalue weighted by Gasteiger charge is -2.20. The van der Waals surface area contributed by atoms with Gasteiger partial charge in [-0.2, -0.15) is 0 Å². The molecule has 0 fully saturated rings. The molecule has 0 rings (SSSR count). The Balaban J connectivity index is 3.60. The monoisotopic (exact) mass is 388 g/mol. The van der Waals surface area contributed by atoms with Crippen LogP contribution < -0.4 is 0 Å². The van der Waals surface area contributed by atoms with E-state index in [4.69, 9.17) is 19.3 Å². The van der Waals surface area contributed by atoms with Crippen molar-refractivity contribution in [3.05, 3.63) is 0 Å². The smallest absolute Gasteiger partial charge is 0.305 e. The van der Waals surface area contributed by atoms with Crippen LogP contribution >= 0.6 is 0 Å². The lowest BCUT2D eigenvalue weighted by atomic mass is 10.00. The number of rotatable bonds is 20. The van der Waals surface area contributed by atoms with Crippen LogP contribution in [-0.2, 0) is 19.0 Å². The van der Waals surface area contributed by atoms with Gasteiger partial charge in [0, 0.05) is 20.6 Å². The highest BCUT2D eigenvalue weighted by molar-refractivity contribution is 5.69. The van der Waals surface area contributed by atoms with Gasteiger partial charge in [-0.25, -0.2) is 0 Å². The normalized spacial score (nSPS) is 13.5. The van der Waals surface area contributed by atoms with Gasteiger partial charge in [0.05, 0.1) is 18.8 Å². The summed E-state index contributed by atoms with van der Waals surface area (Å²) in [6, 6.07) is 0. The Morgan fingerprint density at radius 1 is 0.778 bits per heavy atom. The van der Waals surface area contributed by atoms with Gasteiger partial charge in [0.2, 0.25) is 0 Å². The topological polar surface area (TPSA) is 65.0 Å². The fourth-order valence-corrected chi connectivity index (χ4v) is 3.33. The summed E-state index contributed by atoms with van der Waals surface area (Å²) in [4.78, 5) is 11.3. The second-order valence-electron chi connectivity index (χ2n) is 7.39. The molecule has 0 aliphatic carbocycles. The molecule has 0 unspecified atom stereocenters. The zero-order valence-electron chi connectivity index (χ0n) is 18.0. The van der Waals surface area contributed by atoms with Crippen molar-refractivity contribution < 1.29 is 24.1 Å². The molecule has 27 heavy (non-hydrogen) atoms. The minimum Gasteiger partial charge on any atom is -0.463 e. The molecule has 0 aliphatic rings. The molecule has 0 spiro atoms. The average Bonchev–Trinajstić information content (AvgIpc) is 2.68. The van der Waals surface area contributed by atoms with Gasteiger partial charge in [0.25, 0.3) is 0 Å². The molecule has 2 atom stereocenters. The molecule has 1 N–H and O–H groups in total. The van der Waals surface area contributed by atoms with Gasteiger partial charge < -0.3 is 19.3 Å². The molecule has 0 saturated heterocycles. The van der Waals surface area contributed by atoms with Crippen molar-refractivity contribution in [2.45, 2.75) is 109 Å². The molecular weight excluding hydrogens is 344 g/mol. The van der Waals surface area contributed by atoms with E-state index in [2.05, 4.69) is 6.92 Å². The number of hydrogen-bond acceptors (Lipinski definition) is 5. The number of ether oxygens (including phenoxy) is 3. The number of unbranched alkanes of at least 4 members (excludes halogenated alkanes) is 7. The first-order chi connectivity index (χ1) is 13.2. The van der Waals surface area contributed by atoms with Gasteiger partial charge in [0.15, 0.2) is 0 Å². The largest absolute Gasteiger partial charge is 0.463 e. The first kappa shape index (κ1) is 26.4. The number of carbonyl (C=O) groups excluding carboxylic acids is 1. The van der Waals surface area contributed by atoms with E-state index in [1.807, 2.05) is 14.2 Å². The number of hydrogen-bond donors (Lipinski definition) is 1. The number of esters is 1. The van der Waals surface area contributed by atoms with Gasteiger partial charge in [0.1, 0.15) is 6.61 Å². The van der Waals surface area contributed by atoms with Crippen LogP contribution in [0.2, 0.25) is 0 Å². The second kappa shape index (κ2) is 20.1. The zero-order chi connectivity index (χ0) is 20.2. The maximum absolute atomic E-state index is 11.3. The summed E-state index contributed by atoms with van der Waals surface area (Å²) in [7, 11) is 3.64. The number of methoxy groups -OCH3 is 2. The molecule has 0 aromatic rings. The van der Waals surface area contributed by atoms with E-state index in [0.29, 0.717) is 18.6 Å². The Morgan fingerprint density at radius 3 is 1.81 bits per heavy atom. The molecule has 0 saturated carbocycles. The van der Waals surface area contributed by atoms with Crippen LogP contribution in [0, 0.1) is 0 Å². The Morgan fingerprint density at radius 2 is 1.30 bits per heavy atom. The number of aliphatic hydroxyl groups excluding tert-OH is 1. The minimum atomic E-state index is -0.198. The summed E-state index contributed by atoms with van der Waals surface area (Å²) in [5.41, 5.74) is 0. The molecule has 0 aromatic carbocycles. The molecule has 0 heterocycles. The Hall–Kier alpha value is -0.650. The maximum atomic E-state index is 11.3. The molecule has 0 bridgehead atoms. The predicted octanol–water partition coefficient (Wildman–Crippen LogP) is 5.03. The van der Waals surface area contributed by atoms with E-state index in [9.17, 15) is 4.79 Å². The van der Waals surface area contributed by atoms with Crippen LogP contribution in [0.4, 0.5) is 0 Å². The van der Waals surface area contributed by atoms with Gasteiger partial charge in [-0.3, -0.25) is 4.79 Å². The average molecular weight is 389 g/mol. The standard InChI is InChI=1S/C22H44O5/c1-4-5-10-13-20(25-2)16-17-21(26-3)14-11-8-6-7-9-12-15-22(24)27-19-18-23/h20-21,23H,4-19H2,1-3H3/t20-,21+/m1/s1. The molecular formula is C22H44O5. The second-order valence-corrected chi connectivity index (χ2v) is 7.39. The summed E-state index contributed by atoms with van der Waals surface area (Å²) in [5.74, 6) is -0.198. The third-order valence-corrected chi connectivity index (χ3v) is 5.12. The van der Waals surface area contributed by atoms with Crippen LogP contribution in [0.25, 0.3) is 0 Å². The van der Waals surface area contributed by atoms with Crippen molar-refractivity contribution in [2.24, 2.45) is 0 Å².